The molecule has 1 aliphatic rings. The molecule has 0 aromatic heterocycles. The fourth-order valence-electron chi connectivity index (χ4n) is 1.78. The number of nitrogens with two attached hydrogens (primary N) is 1. The second-order valence-electron chi connectivity index (χ2n) is 4.43. The van der Waals surface area contributed by atoms with E-state index in [2.05, 4.69) is 28.2 Å². The number of hydrogen-bond acceptors (Lipinski definition) is 2. The Kier molecular flexibility index (Phi) is 3.19. The minimum Gasteiger partial charge on any atom is -0.397 e. The highest BCUT2D eigenvalue weighted by molar-refractivity contribution is 9.10. The van der Waals surface area contributed by atoms with Crippen LogP contribution in [0.5, 0.6) is 0 Å². The van der Waals surface area contributed by atoms with E-state index in [1.807, 2.05) is 18.2 Å². The van der Waals surface area contributed by atoms with Crippen LogP contribution in [0.15, 0.2) is 22.7 Å². The number of anilines is 2. The maximum atomic E-state index is 5.88. The Morgan fingerprint density at radius 2 is 2.27 bits per heavy atom. The number of hydrogen-bond donors (Lipinski definition) is 2. The summed E-state index contributed by atoms with van der Waals surface area (Å²) in [6.45, 7) is 3.32. The Balaban J connectivity index is 1.94. The summed E-state index contributed by atoms with van der Waals surface area (Å²) in [5, 5.41) is 3.42. The van der Waals surface area contributed by atoms with Crippen LogP contribution in [0.3, 0.4) is 0 Å². The van der Waals surface area contributed by atoms with Crippen LogP contribution in [0.4, 0.5) is 11.4 Å². The van der Waals surface area contributed by atoms with Gasteiger partial charge in [-0.25, -0.2) is 0 Å². The molecule has 3 heteroatoms. The van der Waals surface area contributed by atoms with E-state index < -0.39 is 0 Å². The van der Waals surface area contributed by atoms with Crippen molar-refractivity contribution in [3.05, 3.63) is 22.7 Å². The summed E-state index contributed by atoms with van der Waals surface area (Å²) < 4.78 is 1.07. The van der Waals surface area contributed by atoms with Crippen molar-refractivity contribution < 1.29 is 0 Å². The Labute approximate surface area is 99.4 Å². The molecule has 1 saturated carbocycles. The third-order valence-electron chi connectivity index (χ3n) is 3.06. The van der Waals surface area contributed by atoms with Crippen molar-refractivity contribution in [2.24, 2.45) is 11.8 Å². The first-order valence-electron chi connectivity index (χ1n) is 5.45. The largest absolute Gasteiger partial charge is 0.397 e. The molecule has 0 aliphatic heterocycles. The topological polar surface area (TPSA) is 38.0 Å². The molecule has 0 saturated heterocycles. The predicted molar refractivity (Wildman–Crippen MR) is 68.9 cm³/mol. The number of nitrogen functional groups attached to an aromatic ring is 1. The number of benzene rings is 1. The number of rotatable bonds is 4. The minimum atomic E-state index is 0.753. The van der Waals surface area contributed by atoms with Crippen LogP contribution in [0.2, 0.25) is 0 Å². The van der Waals surface area contributed by atoms with E-state index in [4.69, 9.17) is 5.73 Å². The maximum absolute atomic E-state index is 5.88. The maximum Gasteiger partial charge on any atom is 0.0585 e. The molecule has 0 bridgehead atoms. The standard InChI is InChI=1S/C12H17BrN2/c1-8(9-2-3-9)7-15-12-6-10(13)4-5-11(12)14/h4-6,8-9,15H,2-3,7,14H2,1H3. The molecule has 2 nitrogen and oxygen atoms in total. The summed E-state index contributed by atoms with van der Waals surface area (Å²) in [4.78, 5) is 0. The quantitative estimate of drug-likeness (QED) is 0.821. The second kappa shape index (κ2) is 4.44. The fraction of sp³-hybridized carbons (Fsp3) is 0.500. The smallest absolute Gasteiger partial charge is 0.0585 e. The van der Waals surface area contributed by atoms with E-state index in [0.29, 0.717) is 0 Å². The van der Waals surface area contributed by atoms with Crippen molar-refractivity contribution in [2.45, 2.75) is 19.8 Å². The average molecular weight is 269 g/mol. The number of halogens is 1. The van der Waals surface area contributed by atoms with Crippen molar-refractivity contribution in [3.63, 3.8) is 0 Å². The molecule has 0 heterocycles. The highest BCUT2D eigenvalue weighted by atomic mass is 79.9. The van der Waals surface area contributed by atoms with Gasteiger partial charge in [0.05, 0.1) is 11.4 Å². The molecule has 2 rings (SSSR count). The van der Waals surface area contributed by atoms with Gasteiger partial charge in [0.25, 0.3) is 0 Å². The lowest BCUT2D eigenvalue weighted by Crippen LogP contribution is -2.13. The lowest BCUT2D eigenvalue weighted by Gasteiger charge is -2.14. The summed E-state index contributed by atoms with van der Waals surface area (Å²) in [5.41, 5.74) is 7.74. The van der Waals surface area contributed by atoms with Crippen LogP contribution in [0.25, 0.3) is 0 Å². The van der Waals surface area contributed by atoms with Gasteiger partial charge in [0.15, 0.2) is 0 Å². The van der Waals surface area contributed by atoms with Gasteiger partial charge in [0.1, 0.15) is 0 Å². The average Bonchev–Trinajstić information content (AvgIpc) is 3.02. The second-order valence-corrected chi connectivity index (χ2v) is 5.34. The van der Waals surface area contributed by atoms with E-state index in [1.165, 1.54) is 12.8 Å². The van der Waals surface area contributed by atoms with Crippen molar-refractivity contribution in [2.75, 3.05) is 17.6 Å². The first kappa shape index (κ1) is 10.8. The van der Waals surface area contributed by atoms with E-state index in [0.717, 1.165) is 34.2 Å². The van der Waals surface area contributed by atoms with Crippen molar-refractivity contribution >= 4 is 27.3 Å². The third kappa shape index (κ3) is 2.88. The highest BCUT2D eigenvalue weighted by Crippen LogP contribution is 2.36. The van der Waals surface area contributed by atoms with Gasteiger partial charge in [-0.1, -0.05) is 22.9 Å². The van der Waals surface area contributed by atoms with Crippen molar-refractivity contribution in [1.82, 2.24) is 0 Å². The fourth-order valence-corrected chi connectivity index (χ4v) is 2.15. The van der Waals surface area contributed by atoms with Crippen LogP contribution in [-0.2, 0) is 0 Å². The molecule has 1 unspecified atom stereocenters. The van der Waals surface area contributed by atoms with Crippen LogP contribution in [0.1, 0.15) is 19.8 Å². The molecular weight excluding hydrogens is 252 g/mol. The molecule has 0 radical (unpaired) electrons. The zero-order valence-electron chi connectivity index (χ0n) is 8.96. The van der Waals surface area contributed by atoms with Crippen molar-refractivity contribution in [1.29, 1.82) is 0 Å². The summed E-state index contributed by atoms with van der Waals surface area (Å²) >= 11 is 3.45. The zero-order valence-corrected chi connectivity index (χ0v) is 10.5. The minimum absolute atomic E-state index is 0.753. The molecule has 1 atom stereocenters. The Morgan fingerprint density at radius 1 is 1.53 bits per heavy atom. The lowest BCUT2D eigenvalue weighted by molar-refractivity contribution is 0.537. The number of nitrogens with one attached hydrogen (secondary N) is 1. The van der Waals surface area contributed by atoms with E-state index in [-0.39, 0.29) is 0 Å². The van der Waals surface area contributed by atoms with Gasteiger partial charge in [0, 0.05) is 11.0 Å². The van der Waals surface area contributed by atoms with Crippen LogP contribution in [0, 0.1) is 11.8 Å². The summed E-state index contributed by atoms with van der Waals surface area (Å²) in [6.07, 6.45) is 2.80. The summed E-state index contributed by atoms with van der Waals surface area (Å²) in [7, 11) is 0. The summed E-state index contributed by atoms with van der Waals surface area (Å²) in [5.74, 6) is 1.69. The predicted octanol–water partition coefficient (Wildman–Crippen LogP) is 3.49. The van der Waals surface area contributed by atoms with Crippen LogP contribution in [-0.4, -0.2) is 6.54 Å². The van der Waals surface area contributed by atoms with E-state index in [9.17, 15) is 0 Å². The Bertz CT molecular complexity index is 347. The molecule has 15 heavy (non-hydrogen) atoms. The molecule has 0 spiro atoms. The van der Waals surface area contributed by atoms with Crippen LogP contribution >= 0.6 is 15.9 Å². The van der Waals surface area contributed by atoms with E-state index in [1.54, 1.807) is 0 Å². The third-order valence-corrected chi connectivity index (χ3v) is 3.55. The summed E-state index contributed by atoms with van der Waals surface area (Å²) in [6, 6.07) is 5.92. The first-order chi connectivity index (χ1) is 7.16. The highest BCUT2D eigenvalue weighted by Gasteiger charge is 2.27. The van der Waals surface area contributed by atoms with Gasteiger partial charge >= 0.3 is 0 Å². The van der Waals surface area contributed by atoms with Gasteiger partial charge in [-0.05, 0) is 42.9 Å². The Morgan fingerprint density at radius 3 is 2.93 bits per heavy atom. The van der Waals surface area contributed by atoms with Gasteiger partial charge in [-0.2, -0.15) is 0 Å². The first-order valence-corrected chi connectivity index (χ1v) is 6.25. The molecule has 3 N–H and O–H groups in total. The Hall–Kier alpha value is -0.700. The normalized spacial score (nSPS) is 17.5. The van der Waals surface area contributed by atoms with Crippen LogP contribution < -0.4 is 11.1 Å². The molecule has 0 amide bonds. The van der Waals surface area contributed by atoms with Gasteiger partial charge < -0.3 is 11.1 Å². The lowest BCUT2D eigenvalue weighted by atomic mass is 10.1. The zero-order chi connectivity index (χ0) is 10.8. The van der Waals surface area contributed by atoms with Gasteiger partial charge in [-0.3, -0.25) is 0 Å². The molecule has 1 fully saturated rings. The van der Waals surface area contributed by atoms with Gasteiger partial charge in [0.2, 0.25) is 0 Å². The molecule has 1 aromatic carbocycles. The SMILES string of the molecule is CC(CNc1cc(Br)ccc1N)C1CC1. The molecular formula is C12H17BrN2. The van der Waals surface area contributed by atoms with Crippen molar-refractivity contribution in [3.8, 4) is 0 Å². The molecule has 82 valence electrons. The van der Waals surface area contributed by atoms with Gasteiger partial charge in [-0.15, -0.1) is 0 Å². The monoisotopic (exact) mass is 268 g/mol. The molecule has 1 aromatic rings. The molecule has 1 aliphatic carbocycles. The van der Waals surface area contributed by atoms with E-state index >= 15 is 0 Å².